The molecule has 3 heterocycles. The Bertz CT molecular complexity index is 1510. The molecule has 0 bridgehead atoms. The van der Waals surface area contributed by atoms with Gasteiger partial charge in [-0.15, -0.1) is 0 Å². The summed E-state index contributed by atoms with van der Waals surface area (Å²) in [5, 5.41) is 12.4. The highest BCUT2D eigenvalue weighted by molar-refractivity contribution is 7.22. The van der Waals surface area contributed by atoms with Crippen LogP contribution >= 0.6 is 34.5 Å². The number of aryl methyl sites for hydroxylation is 1. The smallest absolute Gasteiger partial charge is 0.301 e. The van der Waals surface area contributed by atoms with Gasteiger partial charge in [-0.25, -0.2) is 4.98 Å². The molecule has 4 aromatic rings. The highest BCUT2D eigenvalue weighted by Gasteiger charge is 2.48. The van der Waals surface area contributed by atoms with Crippen LogP contribution in [-0.2, 0) is 9.59 Å². The monoisotopic (exact) mass is 539 g/mol. The Morgan fingerprint density at radius 3 is 2.69 bits per heavy atom. The first kappa shape index (κ1) is 24.2. The number of aromatic nitrogens is 2. The van der Waals surface area contributed by atoms with Crippen molar-refractivity contribution in [3.05, 3.63) is 87.2 Å². The van der Waals surface area contributed by atoms with Gasteiger partial charge < -0.3 is 9.84 Å². The first-order chi connectivity index (χ1) is 17.3. The number of carbonyl (C=O) groups is 2. The summed E-state index contributed by atoms with van der Waals surface area (Å²) in [5.74, 6) is -1.61. The lowest BCUT2D eigenvalue weighted by Crippen LogP contribution is -2.29. The van der Waals surface area contributed by atoms with Crippen molar-refractivity contribution in [3.63, 3.8) is 0 Å². The van der Waals surface area contributed by atoms with Crippen molar-refractivity contribution in [1.82, 2.24) is 9.97 Å². The summed E-state index contributed by atoms with van der Waals surface area (Å²) in [5.41, 5.74) is 2.07. The molecule has 1 aliphatic heterocycles. The summed E-state index contributed by atoms with van der Waals surface area (Å²) in [6, 6.07) is 10.8. The first-order valence-electron chi connectivity index (χ1n) is 11.0. The Labute approximate surface area is 220 Å². The summed E-state index contributed by atoms with van der Waals surface area (Å²) in [6.45, 7) is 4.11. The Morgan fingerprint density at radius 1 is 1.17 bits per heavy atom. The van der Waals surface area contributed by atoms with E-state index in [1.54, 1.807) is 42.7 Å². The van der Waals surface area contributed by atoms with E-state index in [-0.39, 0.29) is 16.2 Å². The van der Waals surface area contributed by atoms with Crippen molar-refractivity contribution < 1.29 is 19.4 Å². The van der Waals surface area contributed by atoms with E-state index >= 15 is 0 Å². The molecule has 36 heavy (non-hydrogen) atoms. The average Bonchev–Trinajstić information content (AvgIpc) is 3.38. The number of carbonyl (C=O) groups excluding carboxylic acids is 2. The molecule has 1 N–H and O–H groups in total. The van der Waals surface area contributed by atoms with Gasteiger partial charge in [0.05, 0.1) is 33.5 Å². The maximum absolute atomic E-state index is 13.4. The van der Waals surface area contributed by atoms with Crippen molar-refractivity contribution in [2.75, 3.05) is 11.5 Å². The van der Waals surface area contributed by atoms with Crippen LogP contribution in [0.15, 0.2) is 60.4 Å². The van der Waals surface area contributed by atoms with Gasteiger partial charge in [-0.3, -0.25) is 19.5 Å². The molecule has 0 radical (unpaired) electrons. The molecule has 2 aromatic carbocycles. The van der Waals surface area contributed by atoms with Gasteiger partial charge in [0.25, 0.3) is 5.78 Å². The Balaban J connectivity index is 1.73. The molecule has 1 saturated heterocycles. The van der Waals surface area contributed by atoms with Crippen LogP contribution in [0, 0.1) is 6.92 Å². The third-order valence-corrected chi connectivity index (χ3v) is 7.57. The zero-order chi connectivity index (χ0) is 25.6. The van der Waals surface area contributed by atoms with E-state index in [1.807, 2.05) is 19.9 Å². The highest BCUT2D eigenvalue weighted by Crippen LogP contribution is 2.45. The van der Waals surface area contributed by atoms with Gasteiger partial charge in [-0.1, -0.05) is 40.6 Å². The van der Waals surface area contributed by atoms with Gasteiger partial charge in [-0.2, -0.15) is 0 Å². The fraction of sp³-hybridized carbons (Fsp3) is 0.154. The number of hydrogen-bond donors (Lipinski definition) is 1. The number of benzene rings is 2. The van der Waals surface area contributed by atoms with E-state index in [1.165, 1.54) is 22.3 Å². The normalized spacial score (nSPS) is 17.2. The SMILES string of the molecule is CCOc1ccc(Cl)c(/C(O)=C2\C(=O)C(=O)N(c3nc4cc(Cl)c(C)cc4s3)C2c2cccnc2)c1. The molecular formula is C26H19Cl2N3O4S. The minimum Gasteiger partial charge on any atom is -0.507 e. The van der Waals surface area contributed by atoms with E-state index in [2.05, 4.69) is 9.97 Å². The molecule has 2 aromatic heterocycles. The molecule has 1 amide bonds. The maximum atomic E-state index is 13.4. The van der Waals surface area contributed by atoms with Crippen molar-refractivity contribution >= 4 is 67.3 Å². The molecule has 10 heteroatoms. The summed E-state index contributed by atoms with van der Waals surface area (Å²) in [4.78, 5) is 36.8. The van der Waals surface area contributed by atoms with Gasteiger partial charge in [0.15, 0.2) is 5.13 Å². The number of anilines is 1. The first-order valence-corrected chi connectivity index (χ1v) is 12.6. The lowest BCUT2D eigenvalue weighted by Gasteiger charge is -2.22. The number of pyridine rings is 1. The number of ether oxygens (including phenoxy) is 1. The molecule has 7 nitrogen and oxygen atoms in total. The number of Topliss-reactive ketones (excluding diaryl/α,β-unsaturated/α-hetero) is 1. The van der Waals surface area contributed by atoms with Gasteiger partial charge in [0.2, 0.25) is 0 Å². The second kappa shape index (κ2) is 9.54. The number of hydrogen-bond acceptors (Lipinski definition) is 7. The molecule has 0 spiro atoms. The number of nitrogens with zero attached hydrogens (tertiary/aromatic N) is 3. The molecule has 1 aliphatic rings. The molecule has 1 unspecified atom stereocenters. The summed E-state index contributed by atoms with van der Waals surface area (Å²) in [7, 11) is 0. The van der Waals surface area contributed by atoms with Crippen molar-refractivity contribution in [2.45, 2.75) is 19.9 Å². The minimum absolute atomic E-state index is 0.114. The Kier molecular flexibility index (Phi) is 6.42. The number of ketones is 1. The van der Waals surface area contributed by atoms with E-state index in [0.717, 1.165) is 10.3 Å². The van der Waals surface area contributed by atoms with Crippen LogP contribution in [0.2, 0.25) is 10.0 Å². The minimum atomic E-state index is -0.970. The number of amides is 1. The Morgan fingerprint density at radius 2 is 1.97 bits per heavy atom. The van der Waals surface area contributed by atoms with Gasteiger partial charge in [-0.05, 0) is 61.4 Å². The van der Waals surface area contributed by atoms with E-state index < -0.39 is 23.5 Å². The number of aliphatic hydroxyl groups excluding tert-OH is 1. The zero-order valence-electron chi connectivity index (χ0n) is 19.2. The number of aliphatic hydroxyl groups is 1. The van der Waals surface area contributed by atoms with Gasteiger partial charge >= 0.3 is 5.91 Å². The zero-order valence-corrected chi connectivity index (χ0v) is 21.5. The lowest BCUT2D eigenvalue weighted by atomic mass is 9.96. The third kappa shape index (κ3) is 4.11. The number of halogens is 2. The molecule has 0 aliphatic carbocycles. The predicted molar refractivity (Wildman–Crippen MR) is 141 cm³/mol. The summed E-state index contributed by atoms with van der Waals surface area (Å²) < 4.78 is 6.34. The summed E-state index contributed by atoms with van der Waals surface area (Å²) >= 11 is 13.9. The van der Waals surface area contributed by atoms with Crippen LogP contribution in [-0.4, -0.2) is 33.4 Å². The van der Waals surface area contributed by atoms with E-state index in [9.17, 15) is 14.7 Å². The largest absolute Gasteiger partial charge is 0.507 e. The van der Waals surface area contributed by atoms with Gasteiger partial charge in [0, 0.05) is 23.0 Å². The lowest BCUT2D eigenvalue weighted by molar-refractivity contribution is -0.132. The fourth-order valence-corrected chi connectivity index (χ4v) is 5.55. The molecule has 5 rings (SSSR count). The second-order valence-corrected chi connectivity index (χ2v) is 9.92. The number of fused-ring (bicyclic) bond motifs is 1. The third-order valence-electron chi connectivity index (χ3n) is 5.81. The topological polar surface area (TPSA) is 92.6 Å². The van der Waals surface area contributed by atoms with E-state index in [0.29, 0.717) is 33.6 Å². The molecule has 182 valence electrons. The van der Waals surface area contributed by atoms with Crippen LogP contribution in [0.4, 0.5) is 5.13 Å². The maximum Gasteiger partial charge on any atom is 0.301 e. The predicted octanol–water partition coefficient (Wildman–Crippen LogP) is 6.33. The fourth-order valence-electron chi connectivity index (χ4n) is 4.11. The highest BCUT2D eigenvalue weighted by atomic mass is 35.5. The quantitative estimate of drug-likeness (QED) is 0.181. The molecule has 1 fully saturated rings. The van der Waals surface area contributed by atoms with Crippen LogP contribution in [0.3, 0.4) is 0 Å². The average molecular weight is 540 g/mol. The van der Waals surface area contributed by atoms with Gasteiger partial charge in [0.1, 0.15) is 11.5 Å². The van der Waals surface area contributed by atoms with Crippen molar-refractivity contribution in [1.29, 1.82) is 0 Å². The molecular weight excluding hydrogens is 521 g/mol. The van der Waals surface area contributed by atoms with Crippen molar-refractivity contribution in [3.8, 4) is 5.75 Å². The molecule has 1 atom stereocenters. The number of rotatable bonds is 5. The van der Waals surface area contributed by atoms with Crippen LogP contribution in [0.25, 0.3) is 16.0 Å². The van der Waals surface area contributed by atoms with Crippen molar-refractivity contribution in [2.24, 2.45) is 0 Å². The molecule has 0 saturated carbocycles. The second-order valence-electron chi connectivity index (χ2n) is 8.10. The summed E-state index contributed by atoms with van der Waals surface area (Å²) in [6.07, 6.45) is 3.13. The van der Waals surface area contributed by atoms with E-state index in [4.69, 9.17) is 27.9 Å². The number of thiazole rings is 1. The van der Waals surface area contributed by atoms with Crippen LogP contribution in [0.5, 0.6) is 5.75 Å². The van der Waals surface area contributed by atoms with Crippen LogP contribution in [0.1, 0.15) is 29.7 Å². The Hall–Kier alpha value is -3.46. The standard InChI is InChI=1S/C26H19Cl2N3O4S/c1-3-35-15-6-7-17(27)16(10-15)23(32)21-22(14-5-4-8-29-12-14)31(25(34)24(21)33)26-30-19-11-18(28)13(2)9-20(19)36-26/h4-12,22,32H,3H2,1-2H3/b23-21+. The van der Waals surface area contributed by atoms with Crippen LogP contribution < -0.4 is 9.64 Å².